The van der Waals surface area contributed by atoms with Gasteiger partial charge in [-0.25, -0.2) is 0 Å². The molecule has 0 saturated heterocycles. The lowest BCUT2D eigenvalue weighted by molar-refractivity contribution is 0.494. The highest BCUT2D eigenvalue weighted by Crippen LogP contribution is 2.11. The first-order valence-electron chi connectivity index (χ1n) is 5.35. The molecule has 0 heterocycles. The number of benzene rings is 1. The van der Waals surface area contributed by atoms with Crippen molar-refractivity contribution < 1.29 is 8.42 Å². The molecule has 0 aliphatic carbocycles. The number of amidine groups is 1. The molecule has 6 nitrogen and oxygen atoms in total. The zero-order valence-electron chi connectivity index (χ0n) is 10.6. The molecule has 1 rings (SSSR count). The molecule has 0 aliphatic heterocycles. The summed E-state index contributed by atoms with van der Waals surface area (Å²) >= 11 is 0. The zero-order valence-corrected chi connectivity index (χ0v) is 11.4. The van der Waals surface area contributed by atoms with E-state index in [1.807, 2.05) is 0 Å². The number of nitrogens with one attached hydrogen (secondary N) is 3. The molecule has 0 atom stereocenters. The van der Waals surface area contributed by atoms with Crippen molar-refractivity contribution in [3.05, 3.63) is 29.8 Å². The van der Waals surface area contributed by atoms with Gasteiger partial charge in [-0.2, -0.15) is 13.1 Å². The minimum atomic E-state index is -3.61. The van der Waals surface area contributed by atoms with E-state index in [0.29, 0.717) is 11.3 Å². The maximum absolute atomic E-state index is 11.7. The summed E-state index contributed by atoms with van der Waals surface area (Å²) in [5, 5.41) is 7.23. The summed E-state index contributed by atoms with van der Waals surface area (Å²) in [4.78, 5) is 0. The SMILES string of the molecule is CC(C)(C)NS(=O)(=O)Nc1ccc(C(=N)N)cc1. The van der Waals surface area contributed by atoms with Gasteiger partial charge in [0.2, 0.25) is 0 Å². The van der Waals surface area contributed by atoms with Crippen molar-refractivity contribution in [3.63, 3.8) is 0 Å². The fourth-order valence-electron chi connectivity index (χ4n) is 1.30. The van der Waals surface area contributed by atoms with E-state index in [2.05, 4.69) is 9.44 Å². The summed E-state index contributed by atoms with van der Waals surface area (Å²) in [6.07, 6.45) is 0. The van der Waals surface area contributed by atoms with Gasteiger partial charge in [0.1, 0.15) is 5.84 Å². The first kappa shape index (κ1) is 14.5. The fourth-order valence-corrected chi connectivity index (χ4v) is 2.61. The monoisotopic (exact) mass is 270 g/mol. The van der Waals surface area contributed by atoms with Crippen LogP contribution in [0.3, 0.4) is 0 Å². The van der Waals surface area contributed by atoms with E-state index in [1.54, 1.807) is 45.0 Å². The van der Waals surface area contributed by atoms with Crippen LogP contribution in [0, 0.1) is 5.41 Å². The Kier molecular flexibility index (Phi) is 3.98. The van der Waals surface area contributed by atoms with Gasteiger partial charge in [-0.15, -0.1) is 0 Å². The Morgan fingerprint density at radius 2 is 1.72 bits per heavy atom. The molecular weight excluding hydrogens is 252 g/mol. The highest BCUT2D eigenvalue weighted by molar-refractivity contribution is 7.90. The Bertz CT molecular complexity index is 529. The summed E-state index contributed by atoms with van der Waals surface area (Å²) in [5.74, 6) is -0.0581. The predicted octanol–water partition coefficient (Wildman–Crippen LogP) is 1.02. The summed E-state index contributed by atoms with van der Waals surface area (Å²) in [5.41, 5.74) is 5.71. The maximum atomic E-state index is 11.7. The van der Waals surface area contributed by atoms with E-state index < -0.39 is 15.7 Å². The van der Waals surface area contributed by atoms with Gasteiger partial charge in [-0.3, -0.25) is 10.1 Å². The maximum Gasteiger partial charge on any atom is 0.299 e. The number of rotatable bonds is 4. The van der Waals surface area contributed by atoms with Crippen LogP contribution in [-0.2, 0) is 10.2 Å². The quantitative estimate of drug-likeness (QED) is 0.484. The van der Waals surface area contributed by atoms with Crippen molar-refractivity contribution >= 4 is 21.7 Å². The van der Waals surface area contributed by atoms with Crippen LogP contribution >= 0.6 is 0 Å². The number of anilines is 1. The fraction of sp³-hybridized carbons (Fsp3) is 0.364. The van der Waals surface area contributed by atoms with Gasteiger partial charge in [-0.05, 0) is 45.0 Å². The molecule has 0 aromatic heterocycles. The first-order valence-corrected chi connectivity index (χ1v) is 6.83. The molecule has 0 saturated carbocycles. The number of nitrogens with two attached hydrogens (primary N) is 1. The average molecular weight is 270 g/mol. The van der Waals surface area contributed by atoms with Gasteiger partial charge in [-0.1, -0.05) is 0 Å². The molecule has 0 unspecified atom stereocenters. The van der Waals surface area contributed by atoms with Crippen LogP contribution in [0.15, 0.2) is 24.3 Å². The van der Waals surface area contributed by atoms with Crippen LogP contribution < -0.4 is 15.2 Å². The summed E-state index contributed by atoms with van der Waals surface area (Å²) in [7, 11) is -3.61. The molecule has 0 amide bonds. The summed E-state index contributed by atoms with van der Waals surface area (Å²) < 4.78 is 28.4. The minimum Gasteiger partial charge on any atom is -0.384 e. The van der Waals surface area contributed by atoms with E-state index in [-0.39, 0.29) is 5.84 Å². The minimum absolute atomic E-state index is 0.0581. The molecular formula is C11H18N4O2S. The summed E-state index contributed by atoms with van der Waals surface area (Å²) in [6.45, 7) is 5.27. The van der Waals surface area contributed by atoms with Crippen molar-refractivity contribution in [1.82, 2.24) is 4.72 Å². The molecule has 1 aromatic rings. The Balaban J connectivity index is 2.82. The van der Waals surface area contributed by atoms with Gasteiger partial charge >= 0.3 is 0 Å². The van der Waals surface area contributed by atoms with Gasteiger partial charge in [0.05, 0.1) is 0 Å². The van der Waals surface area contributed by atoms with Crippen molar-refractivity contribution in [2.45, 2.75) is 26.3 Å². The molecule has 0 bridgehead atoms. The number of hydrogen-bond donors (Lipinski definition) is 4. The highest BCUT2D eigenvalue weighted by Gasteiger charge is 2.19. The molecule has 100 valence electrons. The third kappa shape index (κ3) is 4.72. The van der Waals surface area contributed by atoms with Crippen molar-refractivity contribution in [3.8, 4) is 0 Å². The number of nitrogen functional groups attached to an aromatic ring is 1. The molecule has 18 heavy (non-hydrogen) atoms. The van der Waals surface area contributed by atoms with Crippen LogP contribution in [0.2, 0.25) is 0 Å². The topological polar surface area (TPSA) is 108 Å². The van der Waals surface area contributed by atoms with E-state index in [0.717, 1.165) is 0 Å². The first-order chi connectivity index (χ1) is 8.09. The summed E-state index contributed by atoms with van der Waals surface area (Å²) in [6, 6.07) is 6.27. The second kappa shape index (κ2) is 4.95. The largest absolute Gasteiger partial charge is 0.384 e. The van der Waals surface area contributed by atoms with Gasteiger partial charge in [0.25, 0.3) is 10.2 Å². The highest BCUT2D eigenvalue weighted by atomic mass is 32.2. The van der Waals surface area contributed by atoms with Crippen LogP contribution in [0.25, 0.3) is 0 Å². The Hall–Kier alpha value is -1.60. The van der Waals surface area contributed by atoms with E-state index in [4.69, 9.17) is 11.1 Å². The molecule has 5 N–H and O–H groups in total. The lowest BCUT2D eigenvalue weighted by Crippen LogP contribution is -2.43. The molecule has 1 aromatic carbocycles. The zero-order chi connectivity index (χ0) is 14.0. The second-order valence-electron chi connectivity index (χ2n) is 4.95. The normalized spacial score (nSPS) is 12.2. The average Bonchev–Trinajstić information content (AvgIpc) is 2.13. The molecule has 0 spiro atoms. The van der Waals surface area contributed by atoms with E-state index >= 15 is 0 Å². The van der Waals surface area contributed by atoms with E-state index in [9.17, 15) is 8.42 Å². The van der Waals surface area contributed by atoms with Crippen molar-refractivity contribution in [2.24, 2.45) is 5.73 Å². The van der Waals surface area contributed by atoms with Crippen LogP contribution in [0.4, 0.5) is 5.69 Å². The third-order valence-corrected chi connectivity index (χ3v) is 3.27. The third-order valence-electron chi connectivity index (χ3n) is 1.89. The van der Waals surface area contributed by atoms with Crippen LogP contribution in [0.1, 0.15) is 26.3 Å². The van der Waals surface area contributed by atoms with Gasteiger partial charge < -0.3 is 5.73 Å². The Morgan fingerprint density at radius 1 is 1.22 bits per heavy atom. The molecule has 0 fully saturated rings. The second-order valence-corrected chi connectivity index (χ2v) is 6.36. The van der Waals surface area contributed by atoms with Crippen molar-refractivity contribution in [1.29, 1.82) is 5.41 Å². The molecule has 7 heteroatoms. The molecule has 0 aliphatic rings. The number of hydrogen-bond acceptors (Lipinski definition) is 3. The lowest BCUT2D eigenvalue weighted by Gasteiger charge is -2.20. The Labute approximate surface area is 107 Å². The lowest BCUT2D eigenvalue weighted by atomic mass is 10.1. The van der Waals surface area contributed by atoms with E-state index in [1.165, 1.54) is 0 Å². The van der Waals surface area contributed by atoms with Gasteiger partial charge in [0, 0.05) is 16.8 Å². The van der Waals surface area contributed by atoms with Crippen LogP contribution in [0.5, 0.6) is 0 Å². The standard InChI is InChI=1S/C11H18N4O2S/c1-11(2,3)15-18(16,17)14-9-6-4-8(5-7-9)10(12)13/h4-7,14-15H,1-3H3,(H3,12,13). The van der Waals surface area contributed by atoms with Gasteiger partial charge in [0.15, 0.2) is 0 Å². The smallest absolute Gasteiger partial charge is 0.299 e. The van der Waals surface area contributed by atoms with Crippen molar-refractivity contribution in [2.75, 3.05) is 4.72 Å². The Morgan fingerprint density at radius 3 is 2.11 bits per heavy atom. The molecule has 0 radical (unpaired) electrons. The van der Waals surface area contributed by atoms with Crippen LogP contribution in [-0.4, -0.2) is 19.8 Å². The predicted molar refractivity (Wildman–Crippen MR) is 72.9 cm³/mol.